The van der Waals surface area contributed by atoms with Gasteiger partial charge >= 0.3 is 0 Å². The molecule has 0 radical (unpaired) electrons. The lowest BCUT2D eigenvalue weighted by molar-refractivity contribution is 0.215. The minimum atomic E-state index is 0.521. The zero-order valence-electron chi connectivity index (χ0n) is 12.6. The minimum Gasteiger partial charge on any atom is -0.372 e. The Morgan fingerprint density at radius 1 is 0.789 bits per heavy atom. The zero-order valence-corrected chi connectivity index (χ0v) is 12.6. The summed E-state index contributed by atoms with van der Waals surface area (Å²) < 4.78 is 10.7. The summed E-state index contributed by atoms with van der Waals surface area (Å²) in [5.41, 5.74) is 0. The van der Waals surface area contributed by atoms with Crippen molar-refractivity contribution in [3.05, 3.63) is 0 Å². The molecule has 3 heteroatoms. The molecule has 0 aromatic heterocycles. The van der Waals surface area contributed by atoms with E-state index in [0.29, 0.717) is 12.2 Å². The molecule has 0 saturated carbocycles. The highest BCUT2D eigenvalue weighted by Crippen LogP contribution is 2.16. The van der Waals surface area contributed by atoms with Crippen LogP contribution in [0.5, 0.6) is 0 Å². The summed E-state index contributed by atoms with van der Waals surface area (Å²) in [5, 5.41) is 0. The number of ether oxygens (including phenoxy) is 2. The van der Waals surface area contributed by atoms with Crippen molar-refractivity contribution in [2.75, 3.05) is 32.8 Å². The predicted molar refractivity (Wildman–Crippen MR) is 78.5 cm³/mol. The highest BCUT2D eigenvalue weighted by Gasteiger charge is 2.30. The molecule has 0 aromatic rings. The van der Waals surface area contributed by atoms with E-state index in [1.54, 1.807) is 0 Å². The average molecular weight is 269 g/mol. The van der Waals surface area contributed by atoms with Crippen molar-refractivity contribution < 1.29 is 9.47 Å². The largest absolute Gasteiger partial charge is 0.372 e. The van der Waals surface area contributed by atoms with Crippen LogP contribution in [-0.4, -0.2) is 50.0 Å². The quantitative estimate of drug-likeness (QED) is 0.379. The first-order chi connectivity index (χ1) is 9.38. The van der Waals surface area contributed by atoms with Gasteiger partial charge in [-0.2, -0.15) is 0 Å². The highest BCUT2D eigenvalue weighted by molar-refractivity contribution is 4.80. The molecule has 2 fully saturated rings. The van der Waals surface area contributed by atoms with E-state index < -0.39 is 0 Å². The van der Waals surface area contributed by atoms with E-state index in [1.807, 2.05) is 0 Å². The van der Waals surface area contributed by atoms with Crippen LogP contribution in [0.15, 0.2) is 0 Å². The molecule has 0 aromatic carbocycles. The van der Waals surface area contributed by atoms with Crippen molar-refractivity contribution in [1.29, 1.82) is 0 Å². The molecule has 2 aliphatic rings. The van der Waals surface area contributed by atoms with E-state index in [2.05, 4.69) is 11.8 Å². The van der Waals surface area contributed by atoms with Crippen LogP contribution >= 0.6 is 0 Å². The van der Waals surface area contributed by atoms with Gasteiger partial charge in [0, 0.05) is 13.1 Å². The van der Waals surface area contributed by atoms with Crippen LogP contribution in [0, 0.1) is 0 Å². The number of unbranched alkanes of at least 4 members (excludes halogenated alkanes) is 7. The second kappa shape index (κ2) is 8.93. The van der Waals surface area contributed by atoms with Crippen LogP contribution < -0.4 is 0 Å². The zero-order chi connectivity index (χ0) is 13.3. The fourth-order valence-electron chi connectivity index (χ4n) is 2.65. The third-order valence-corrected chi connectivity index (χ3v) is 4.06. The maximum absolute atomic E-state index is 5.34. The van der Waals surface area contributed by atoms with E-state index in [-0.39, 0.29) is 0 Å². The molecular weight excluding hydrogens is 238 g/mol. The van der Waals surface area contributed by atoms with Crippen LogP contribution in [0.3, 0.4) is 0 Å². The van der Waals surface area contributed by atoms with Crippen molar-refractivity contribution in [3.63, 3.8) is 0 Å². The maximum atomic E-state index is 5.34. The molecule has 0 aliphatic carbocycles. The Morgan fingerprint density at radius 3 is 1.74 bits per heavy atom. The molecule has 3 nitrogen and oxygen atoms in total. The fraction of sp³-hybridized carbons (Fsp3) is 1.00. The van der Waals surface area contributed by atoms with Crippen molar-refractivity contribution >= 4 is 0 Å². The van der Waals surface area contributed by atoms with Crippen molar-refractivity contribution in [2.45, 2.75) is 70.5 Å². The number of hydrogen-bond donors (Lipinski definition) is 0. The lowest BCUT2D eigenvalue weighted by Crippen LogP contribution is -2.32. The summed E-state index contributed by atoms with van der Waals surface area (Å²) in [4.78, 5) is 2.55. The van der Waals surface area contributed by atoms with Gasteiger partial charge < -0.3 is 9.47 Å². The van der Waals surface area contributed by atoms with Crippen LogP contribution in [0.1, 0.15) is 58.3 Å². The van der Waals surface area contributed by atoms with Gasteiger partial charge in [0.1, 0.15) is 0 Å². The second-order valence-electron chi connectivity index (χ2n) is 6.15. The molecular formula is C16H31NO2. The first-order valence-electron chi connectivity index (χ1n) is 8.34. The summed E-state index contributed by atoms with van der Waals surface area (Å²) >= 11 is 0. The monoisotopic (exact) mass is 269 g/mol. The summed E-state index contributed by atoms with van der Waals surface area (Å²) in [6.07, 6.45) is 12.2. The molecule has 2 saturated heterocycles. The standard InChI is InChI=1S/C16H31NO2/c1-2-3-4-5-6-7-8-9-10-17(11-15-13-18-15)12-16-14-19-16/h15-16H,2-14H2,1H3. The van der Waals surface area contributed by atoms with E-state index in [1.165, 1.54) is 57.9 Å². The minimum absolute atomic E-state index is 0.521. The normalized spacial score (nSPS) is 24.9. The van der Waals surface area contributed by atoms with Gasteiger partial charge in [-0.3, -0.25) is 4.90 Å². The fourth-order valence-corrected chi connectivity index (χ4v) is 2.65. The first kappa shape index (κ1) is 15.3. The van der Waals surface area contributed by atoms with Gasteiger partial charge in [0.25, 0.3) is 0 Å². The Hall–Kier alpha value is -0.120. The summed E-state index contributed by atoms with van der Waals surface area (Å²) in [7, 11) is 0. The van der Waals surface area contributed by atoms with Crippen molar-refractivity contribution in [3.8, 4) is 0 Å². The molecule has 2 aliphatic heterocycles. The molecule has 2 rings (SSSR count). The molecule has 0 bridgehead atoms. The van der Waals surface area contributed by atoms with Crippen molar-refractivity contribution in [1.82, 2.24) is 4.90 Å². The first-order valence-corrected chi connectivity index (χ1v) is 8.34. The van der Waals surface area contributed by atoms with Crippen LogP contribution in [-0.2, 0) is 9.47 Å². The van der Waals surface area contributed by atoms with Gasteiger partial charge in [-0.1, -0.05) is 51.9 Å². The topological polar surface area (TPSA) is 28.3 Å². The highest BCUT2D eigenvalue weighted by atomic mass is 16.6. The van der Waals surface area contributed by atoms with Crippen molar-refractivity contribution in [2.24, 2.45) is 0 Å². The summed E-state index contributed by atoms with van der Waals surface area (Å²) in [6, 6.07) is 0. The smallest absolute Gasteiger partial charge is 0.0936 e. The number of epoxide rings is 2. The summed E-state index contributed by atoms with van der Waals surface area (Å²) in [5.74, 6) is 0. The van der Waals surface area contributed by atoms with Crippen LogP contribution in [0.4, 0.5) is 0 Å². The molecule has 2 heterocycles. The van der Waals surface area contributed by atoms with Gasteiger partial charge in [0.15, 0.2) is 0 Å². The maximum Gasteiger partial charge on any atom is 0.0936 e. The van der Waals surface area contributed by atoms with E-state index in [0.717, 1.165) is 26.3 Å². The number of hydrogen-bond acceptors (Lipinski definition) is 3. The van der Waals surface area contributed by atoms with Crippen LogP contribution in [0.25, 0.3) is 0 Å². The SMILES string of the molecule is CCCCCCCCCCN(CC1CO1)CC1CO1. The van der Waals surface area contributed by atoms with E-state index in [9.17, 15) is 0 Å². The molecule has 0 amide bonds. The third-order valence-electron chi connectivity index (χ3n) is 4.06. The Labute approximate surface area is 118 Å². The molecule has 2 atom stereocenters. The molecule has 2 unspecified atom stereocenters. The number of nitrogens with zero attached hydrogens (tertiary/aromatic N) is 1. The van der Waals surface area contributed by atoms with E-state index >= 15 is 0 Å². The lowest BCUT2D eigenvalue weighted by atomic mass is 10.1. The average Bonchev–Trinajstić information content (AvgIpc) is 3.28. The second-order valence-corrected chi connectivity index (χ2v) is 6.15. The van der Waals surface area contributed by atoms with Gasteiger partial charge in [0.2, 0.25) is 0 Å². The molecule has 112 valence electrons. The Morgan fingerprint density at radius 2 is 1.26 bits per heavy atom. The van der Waals surface area contributed by atoms with Gasteiger partial charge in [-0.25, -0.2) is 0 Å². The summed E-state index contributed by atoms with van der Waals surface area (Å²) in [6.45, 7) is 7.70. The number of rotatable bonds is 13. The molecule has 19 heavy (non-hydrogen) atoms. The van der Waals surface area contributed by atoms with Gasteiger partial charge in [0.05, 0.1) is 25.4 Å². The molecule has 0 N–H and O–H groups in total. The van der Waals surface area contributed by atoms with Crippen LogP contribution in [0.2, 0.25) is 0 Å². The van der Waals surface area contributed by atoms with E-state index in [4.69, 9.17) is 9.47 Å². The van der Waals surface area contributed by atoms with Gasteiger partial charge in [-0.05, 0) is 13.0 Å². The van der Waals surface area contributed by atoms with Gasteiger partial charge in [-0.15, -0.1) is 0 Å². The lowest BCUT2D eigenvalue weighted by Gasteiger charge is -2.20. The molecule has 0 spiro atoms. The Kier molecular flexibility index (Phi) is 7.18. The predicted octanol–water partition coefficient (Wildman–Crippen LogP) is 3.23. The Bertz CT molecular complexity index is 213. The Balaban J connectivity index is 1.42. The third kappa shape index (κ3) is 7.91.